The maximum atomic E-state index is 13.6. The highest BCUT2D eigenvalue weighted by Gasteiger charge is 2.19. The third-order valence-electron chi connectivity index (χ3n) is 2.69. The van der Waals surface area contributed by atoms with Crippen LogP contribution in [0.15, 0.2) is 36.4 Å². The number of carbonyl (C=O) groups is 1. The van der Waals surface area contributed by atoms with Crippen molar-refractivity contribution in [2.75, 3.05) is 0 Å². The van der Waals surface area contributed by atoms with Crippen LogP contribution in [0.25, 0.3) is 0 Å². The Balaban J connectivity index is 2.29. The summed E-state index contributed by atoms with van der Waals surface area (Å²) in [5, 5.41) is 10.5. The predicted octanol–water partition coefficient (Wildman–Crippen LogP) is 3.87. The van der Waals surface area contributed by atoms with Crippen LogP contribution in [0.1, 0.15) is 17.3 Å². The minimum atomic E-state index is -1.20. The Morgan fingerprint density at radius 3 is 2.29 bits per heavy atom. The van der Waals surface area contributed by atoms with Gasteiger partial charge in [0.2, 0.25) is 5.82 Å². The number of nitro groups is 1. The van der Waals surface area contributed by atoms with E-state index in [1.165, 1.54) is 31.2 Å². The molecule has 2 rings (SSSR count). The Morgan fingerprint density at radius 1 is 1.14 bits per heavy atom. The Bertz CT molecular complexity index is 714. The van der Waals surface area contributed by atoms with Gasteiger partial charge < -0.3 is 4.74 Å². The van der Waals surface area contributed by atoms with Gasteiger partial charge in [-0.3, -0.25) is 14.9 Å². The molecule has 2 aromatic carbocycles. The molecule has 0 aliphatic heterocycles. The molecule has 21 heavy (non-hydrogen) atoms. The molecule has 5 nitrogen and oxygen atoms in total. The van der Waals surface area contributed by atoms with Crippen molar-refractivity contribution in [3.8, 4) is 11.5 Å². The maximum absolute atomic E-state index is 13.6. The fourth-order valence-corrected chi connectivity index (χ4v) is 1.62. The Kier molecular flexibility index (Phi) is 3.93. The van der Waals surface area contributed by atoms with E-state index in [2.05, 4.69) is 0 Å². The first-order chi connectivity index (χ1) is 9.88. The minimum absolute atomic E-state index is 0.144. The average Bonchev–Trinajstić information content (AvgIpc) is 2.42. The molecule has 0 N–H and O–H groups in total. The number of halogens is 2. The average molecular weight is 293 g/mol. The number of nitrogens with zero attached hydrogens (tertiary/aromatic N) is 1. The highest BCUT2D eigenvalue weighted by molar-refractivity contribution is 5.94. The number of hydrogen-bond donors (Lipinski definition) is 0. The number of rotatable bonds is 4. The lowest BCUT2D eigenvalue weighted by molar-refractivity contribution is -0.387. The molecular weight excluding hydrogens is 284 g/mol. The van der Waals surface area contributed by atoms with Crippen molar-refractivity contribution in [2.24, 2.45) is 0 Å². The van der Waals surface area contributed by atoms with Gasteiger partial charge in [0.25, 0.3) is 0 Å². The number of Topliss-reactive ketones (excluding diaryl/α,β-unsaturated/α-hetero) is 1. The fraction of sp³-hybridized carbons (Fsp3) is 0.0714. The highest BCUT2D eigenvalue weighted by atomic mass is 19.1. The van der Waals surface area contributed by atoms with Gasteiger partial charge in [-0.05, 0) is 31.2 Å². The summed E-state index contributed by atoms with van der Waals surface area (Å²) in [6.07, 6.45) is 0. The van der Waals surface area contributed by atoms with Gasteiger partial charge in [-0.2, -0.15) is 4.39 Å². The Morgan fingerprint density at radius 2 is 1.76 bits per heavy atom. The normalized spacial score (nSPS) is 10.2. The molecule has 0 saturated carbocycles. The molecule has 0 heterocycles. The first-order valence-corrected chi connectivity index (χ1v) is 5.81. The molecule has 0 bridgehead atoms. The summed E-state index contributed by atoms with van der Waals surface area (Å²) in [4.78, 5) is 20.5. The second kappa shape index (κ2) is 5.66. The van der Waals surface area contributed by atoms with Crippen LogP contribution in [-0.4, -0.2) is 10.7 Å². The van der Waals surface area contributed by atoms with Crippen LogP contribution < -0.4 is 4.74 Å². The molecule has 0 atom stereocenters. The summed E-state index contributed by atoms with van der Waals surface area (Å²) in [5.41, 5.74) is -0.524. The first kappa shape index (κ1) is 14.6. The lowest BCUT2D eigenvalue weighted by Gasteiger charge is -2.07. The van der Waals surface area contributed by atoms with Crippen LogP contribution in [0.2, 0.25) is 0 Å². The molecule has 0 spiro atoms. The van der Waals surface area contributed by atoms with Gasteiger partial charge >= 0.3 is 5.69 Å². The molecule has 108 valence electrons. The topological polar surface area (TPSA) is 69.4 Å². The Hall–Kier alpha value is -2.83. The zero-order valence-electron chi connectivity index (χ0n) is 10.8. The van der Waals surface area contributed by atoms with E-state index in [1.807, 2.05) is 0 Å². The second-order valence-electron chi connectivity index (χ2n) is 4.17. The van der Waals surface area contributed by atoms with E-state index in [4.69, 9.17) is 4.74 Å². The van der Waals surface area contributed by atoms with Gasteiger partial charge in [0.1, 0.15) is 5.75 Å². The van der Waals surface area contributed by atoms with Gasteiger partial charge in [0.15, 0.2) is 17.3 Å². The summed E-state index contributed by atoms with van der Waals surface area (Å²) in [5.74, 6) is -2.70. The van der Waals surface area contributed by atoms with E-state index in [-0.39, 0.29) is 11.5 Å². The largest absolute Gasteiger partial charge is 0.454 e. The molecule has 0 amide bonds. The van der Waals surface area contributed by atoms with Crippen molar-refractivity contribution in [1.29, 1.82) is 0 Å². The molecule has 0 unspecified atom stereocenters. The molecular formula is C14H9F2NO4. The lowest BCUT2D eigenvalue weighted by Crippen LogP contribution is -1.97. The number of carbonyl (C=O) groups excluding carboxylic acids is 1. The molecule has 0 fully saturated rings. The third kappa shape index (κ3) is 3.19. The molecule has 0 radical (unpaired) electrons. The van der Waals surface area contributed by atoms with Gasteiger partial charge in [0.05, 0.1) is 11.0 Å². The monoisotopic (exact) mass is 293 g/mol. The van der Waals surface area contributed by atoms with Crippen LogP contribution in [0.4, 0.5) is 14.5 Å². The number of ketones is 1. The van der Waals surface area contributed by atoms with Crippen LogP contribution in [0, 0.1) is 21.7 Å². The van der Waals surface area contributed by atoms with E-state index in [0.29, 0.717) is 17.7 Å². The van der Waals surface area contributed by atoms with Crippen molar-refractivity contribution in [1.82, 2.24) is 0 Å². The summed E-state index contributed by atoms with van der Waals surface area (Å²) in [6.45, 7) is 1.39. The second-order valence-corrected chi connectivity index (χ2v) is 4.17. The smallest absolute Gasteiger partial charge is 0.307 e. The number of hydrogen-bond acceptors (Lipinski definition) is 4. The SMILES string of the molecule is CC(=O)c1ccc(Oc2cc(F)c([N+](=O)[O-])cc2F)cc1. The fourth-order valence-electron chi connectivity index (χ4n) is 1.62. The highest BCUT2D eigenvalue weighted by Crippen LogP contribution is 2.30. The van der Waals surface area contributed by atoms with Crippen molar-refractivity contribution in [2.45, 2.75) is 6.92 Å². The quantitative estimate of drug-likeness (QED) is 0.487. The molecule has 0 saturated heterocycles. The zero-order chi connectivity index (χ0) is 15.6. The maximum Gasteiger partial charge on any atom is 0.307 e. The number of benzene rings is 2. The van der Waals surface area contributed by atoms with E-state index in [9.17, 15) is 23.7 Å². The van der Waals surface area contributed by atoms with Gasteiger partial charge in [0, 0.05) is 11.6 Å². The number of nitro benzene ring substituents is 1. The van der Waals surface area contributed by atoms with E-state index < -0.39 is 28.0 Å². The van der Waals surface area contributed by atoms with Crippen molar-refractivity contribution < 1.29 is 23.2 Å². The standard InChI is InChI=1S/C14H9F2NO4/c1-8(18)9-2-4-10(5-3-9)21-14-7-11(15)13(17(19)20)6-12(14)16/h2-7H,1H3. The Labute approximate surface area is 117 Å². The molecule has 0 aliphatic rings. The molecule has 0 aromatic heterocycles. The van der Waals surface area contributed by atoms with Crippen molar-refractivity contribution >= 4 is 11.5 Å². The van der Waals surface area contributed by atoms with Crippen molar-refractivity contribution in [3.05, 3.63) is 63.7 Å². The minimum Gasteiger partial charge on any atom is -0.454 e. The van der Waals surface area contributed by atoms with E-state index in [0.717, 1.165) is 0 Å². The van der Waals surface area contributed by atoms with Crippen molar-refractivity contribution in [3.63, 3.8) is 0 Å². The zero-order valence-corrected chi connectivity index (χ0v) is 10.8. The summed E-state index contributed by atoms with van der Waals surface area (Å²) < 4.78 is 32.2. The lowest BCUT2D eigenvalue weighted by atomic mass is 10.1. The number of ether oxygens (including phenoxy) is 1. The van der Waals surface area contributed by atoms with Crippen LogP contribution in [0.5, 0.6) is 11.5 Å². The molecule has 7 heteroatoms. The van der Waals surface area contributed by atoms with E-state index >= 15 is 0 Å². The van der Waals surface area contributed by atoms with Gasteiger partial charge in [-0.25, -0.2) is 4.39 Å². The third-order valence-corrected chi connectivity index (χ3v) is 2.69. The summed E-state index contributed by atoms with van der Waals surface area (Å²) >= 11 is 0. The summed E-state index contributed by atoms with van der Waals surface area (Å²) in [7, 11) is 0. The first-order valence-electron chi connectivity index (χ1n) is 5.81. The van der Waals surface area contributed by atoms with Gasteiger partial charge in [-0.15, -0.1) is 0 Å². The predicted molar refractivity (Wildman–Crippen MR) is 69.5 cm³/mol. The van der Waals surface area contributed by atoms with Gasteiger partial charge in [-0.1, -0.05) is 0 Å². The summed E-state index contributed by atoms with van der Waals surface area (Å²) in [6, 6.07) is 6.82. The van der Waals surface area contributed by atoms with Crippen LogP contribution in [0.3, 0.4) is 0 Å². The molecule has 0 aliphatic carbocycles. The van der Waals surface area contributed by atoms with Crippen LogP contribution >= 0.6 is 0 Å². The van der Waals surface area contributed by atoms with E-state index in [1.54, 1.807) is 0 Å². The molecule has 2 aromatic rings. The van der Waals surface area contributed by atoms with Crippen LogP contribution in [-0.2, 0) is 0 Å².